The molecule has 3 heterocycles. The predicted octanol–water partition coefficient (Wildman–Crippen LogP) is 9.41. The summed E-state index contributed by atoms with van der Waals surface area (Å²) in [4.78, 5) is 68.9. The number of Topliss-reactive ketones (excluding diaryl/α,β-unsaturated/α-hetero) is 2. The number of hydrogen-bond acceptors (Lipinski definition) is 10. The van der Waals surface area contributed by atoms with E-state index in [2.05, 4.69) is 34.9 Å². The number of ketones is 2. The largest absolute Gasteiger partial charge is 0.444 e. The van der Waals surface area contributed by atoms with Gasteiger partial charge in [0.2, 0.25) is 11.8 Å². The highest BCUT2D eigenvalue weighted by molar-refractivity contribution is 7.12. The lowest BCUT2D eigenvalue weighted by atomic mass is 9.77. The molecule has 0 unspecified atom stereocenters. The summed E-state index contributed by atoms with van der Waals surface area (Å²) in [5.41, 5.74) is 1.76. The van der Waals surface area contributed by atoms with E-state index in [9.17, 15) is 24.0 Å². The zero-order chi connectivity index (χ0) is 45.5. The molecule has 4 aromatic rings. The topological polar surface area (TPSA) is 169 Å². The fourth-order valence-corrected chi connectivity index (χ4v) is 9.72. The van der Waals surface area contributed by atoms with E-state index < -0.39 is 29.8 Å². The Hall–Kier alpha value is -5.63. The number of thiophene rings is 2. The minimum Gasteiger partial charge on any atom is -0.444 e. The average Bonchev–Trinajstić information content (AvgIpc) is 3.97. The van der Waals surface area contributed by atoms with E-state index in [1.54, 1.807) is 46.8 Å². The van der Waals surface area contributed by atoms with E-state index in [1.807, 2.05) is 60.7 Å². The molecule has 0 bridgehead atoms. The van der Waals surface area contributed by atoms with Gasteiger partial charge in [-0.2, -0.15) is 10.5 Å². The first-order valence-electron chi connectivity index (χ1n) is 21.9. The van der Waals surface area contributed by atoms with Crippen molar-refractivity contribution >= 4 is 52.1 Å². The molecule has 332 valence electrons. The van der Waals surface area contributed by atoms with E-state index in [0.717, 1.165) is 47.4 Å². The Kier molecular flexibility index (Phi) is 17.8. The van der Waals surface area contributed by atoms with Crippen LogP contribution < -0.4 is 10.6 Å². The quantitative estimate of drug-likeness (QED) is 0.126. The molecule has 1 saturated heterocycles. The lowest BCUT2D eigenvalue weighted by molar-refractivity contribution is -0.131. The van der Waals surface area contributed by atoms with Crippen molar-refractivity contribution in [1.82, 2.24) is 15.5 Å². The molecule has 1 aliphatic carbocycles. The number of carbonyl (C=O) groups excluding carboxylic acids is 5. The van der Waals surface area contributed by atoms with Crippen molar-refractivity contribution in [2.24, 2.45) is 5.92 Å². The first kappa shape index (κ1) is 48.4. The molecule has 11 nitrogen and oxygen atoms in total. The monoisotopic (exact) mass is 889 g/mol. The molecule has 0 radical (unpaired) electrons. The number of piperidine rings is 1. The number of nitrogens with one attached hydrogen (secondary N) is 2. The minimum atomic E-state index is -0.727. The number of amides is 3. The summed E-state index contributed by atoms with van der Waals surface area (Å²) in [6.45, 7) is 9.23. The first-order valence-corrected chi connectivity index (χ1v) is 23.5. The smallest absolute Gasteiger partial charge is 0.410 e. The maximum Gasteiger partial charge on any atom is 0.410 e. The molecule has 2 aromatic carbocycles. The van der Waals surface area contributed by atoms with Gasteiger partial charge in [-0.15, -0.1) is 22.7 Å². The van der Waals surface area contributed by atoms with E-state index in [0.29, 0.717) is 47.9 Å². The summed E-state index contributed by atoms with van der Waals surface area (Å²) in [6.07, 6.45) is 6.35. The van der Waals surface area contributed by atoms with Crippen molar-refractivity contribution in [3.8, 4) is 12.1 Å². The standard InChI is InChI=1S/C27H33N3O4S.C23H26N2O2S/c1-18(24(31)13-12-21-10-11-22(17-28)35-21)29-25(32)23-16-20(19-8-6-5-7-9-19)14-15-30(23)26(33)34-27(2,3)4;1-16(22(26)13-12-20-10-11-21(15-24)28-20)25-23(27)19-9-5-8-18(14-19)17-6-3-2-4-7-17/h5-11,18,20,23H,12-16H2,1-4H3,(H,29,32);2-4,6-7,10-11,16,18-19H,5,8-9,12-14H2,1H3,(H,25,27)/t18-,20-,23+;16-,18-,19+/m00/s1. The Morgan fingerprint density at radius 1 is 0.698 bits per heavy atom. The zero-order valence-electron chi connectivity index (χ0n) is 36.9. The van der Waals surface area contributed by atoms with E-state index in [4.69, 9.17) is 15.3 Å². The molecule has 1 aliphatic heterocycles. The van der Waals surface area contributed by atoms with Crippen LogP contribution in [0.2, 0.25) is 0 Å². The summed E-state index contributed by atoms with van der Waals surface area (Å²) >= 11 is 2.79. The van der Waals surface area contributed by atoms with Crippen LogP contribution >= 0.6 is 22.7 Å². The van der Waals surface area contributed by atoms with Gasteiger partial charge in [0.1, 0.15) is 33.5 Å². The van der Waals surface area contributed by atoms with Gasteiger partial charge in [-0.3, -0.25) is 24.1 Å². The molecular formula is C50H59N5O6S2. The molecule has 2 aromatic heterocycles. The van der Waals surface area contributed by atoms with Crippen molar-refractivity contribution in [2.45, 2.75) is 134 Å². The Morgan fingerprint density at radius 3 is 1.67 bits per heavy atom. The second-order valence-electron chi connectivity index (χ2n) is 17.4. The van der Waals surface area contributed by atoms with Gasteiger partial charge in [0, 0.05) is 35.1 Å². The third-order valence-corrected chi connectivity index (χ3v) is 13.7. The van der Waals surface area contributed by atoms with Gasteiger partial charge in [-0.1, -0.05) is 67.1 Å². The third-order valence-electron chi connectivity index (χ3n) is 11.6. The lowest BCUT2D eigenvalue weighted by Crippen LogP contribution is -2.56. The summed E-state index contributed by atoms with van der Waals surface area (Å²) in [7, 11) is 0. The van der Waals surface area contributed by atoms with Crippen LogP contribution in [0.4, 0.5) is 4.79 Å². The third kappa shape index (κ3) is 14.7. The minimum absolute atomic E-state index is 0.00405. The molecular weight excluding hydrogens is 831 g/mol. The number of hydrogen-bond donors (Lipinski definition) is 2. The van der Waals surface area contributed by atoms with Crippen LogP contribution in [0.3, 0.4) is 0 Å². The van der Waals surface area contributed by atoms with Gasteiger partial charge < -0.3 is 15.4 Å². The van der Waals surface area contributed by atoms with Crippen LogP contribution in [0.15, 0.2) is 84.9 Å². The Labute approximate surface area is 379 Å². The van der Waals surface area contributed by atoms with Gasteiger partial charge >= 0.3 is 6.09 Å². The van der Waals surface area contributed by atoms with E-state index >= 15 is 0 Å². The molecule has 1 saturated carbocycles. The summed E-state index contributed by atoms with van der Waals surface area (Å²) in [5, 5.41) is 23.6. The SMILES string of the molecule is C[C@H](NC(=O)[C@@H]1CCC[C@H](c2ccccc2)C1)C(=O)CCc1ccc(C#N)s1.C[C@H](NC(=O)[C@H]1C[C@@H](c2ccccc2)CCN1C(=O)OC(C)(C)C)C(=O)CCc1ccc(C#N)s1. The number of aryl methyl sites for hydroxylation is 2. The molecule has 13 heteroatoms. The predicted molar refractivity (Wildman–Crippen MR) is 246 cm³/mol. The average molecular weight is 890 g/mol. The number of benzene rings is 2. The van der Waals surface area contributed by atoms with Crippen LogP contribution in [0.25, 0.3) is 0 Å². The Morgan fingerprint density at radius 2 is 1.19 bits per heavy atom. The number of likely N-dealkylation sites (tertiary alicyclic amines) is 1. The molecule has 0 spiro atoms. The summed E-state index contributed by atoms with van der Waals surface area (Å²) in [5.74, 6) is 0.129. The summed E-state index contributed by atoms with van der Waals surface area (Å²) in [6, 6.07) is 30.0. The van der Waals surface area contributed by atoms with Gasteiger partial charge in [0.15, 0.2) is 11.6 Å². The van der Waals surface area contributed by atoms with Crippen molar-refractivity contribution in [2.75, 3.05) is 6.54 Å². The molecule has 6 atom stereocenters. The van der Waals surface area contributed by atoms with Crippen molar-refractivity contribution in [3.05, 3.63) is 116 Å². The highest BCUT2D eigenvalue weighted by atomic mass is 32.1. The van der Waals surface area contributed by atoms with Crippen molar-refractivity contribution in [1.29, 1.82) is 10.5 Å². The Balaban J connectivity index is 0.000000243. The normalized spacial score (nSPS) is 19.4. The van der Waals surface area contributed by atoms with Crippen LogP contribution in [0.1, 0.15) is 128 Å². The fourth-order valence-electron chi connectivity index (χ4n) is 8.11. The molecule has 63 heavy (non-hydrogen) atoms. The second kappa shape index (κ2) is 23.2. The fraction of sp³-hybridized carbons (Fsp3) is 0.460. The molecule has 2 aliphatic rings. The number of carbonyl (C=O) groups is 5. The molecule has 6 rings (SSSR count). The highest BCUT2D eigenvalue weighted by Gasteiger charge is 2.39. The first-order chi connectivity index (χ1) is 30.1. The lowest BCUT2D eigenvalue weighted by Gasteiger charge is -2.39. The number of nitriles is 2. The van der Waals surface area contributed by atoms with Gasteiger partial charge in [-0.05, 0) is 127 Å². The molecule has 2 fully saturated rings. The van der Waals surface area contributed by atoms with Gasteiger partial charge in [-0.25, -0.2) is 4.79 Å². The van der Waals surface area contributed by atoms with E-state index in [-0.39, 0.29) is 41.6 Å². The van der Waals surface area contributed by atoms with Crippen molar-refractivity contribution in [3.63, 3.8) is 0 Å². The molecule has 3 amide bonds. The number of nitrogens with zero attached hydrogens (tertiary/aromatic N) is 3. The van der Waals surface area contributed by atoms with Gasteiger partial charge in [0.25, 0.3) is 0 Å². The van der Waals surface area contributed by atoms with Crippen LogP contribution in [-0.4, -0.2) is 64.6 Å². The summed E-state index contributed by atoms with van der Waals surface area (Å²) < 4.78 is 5.57. The maximum absolute atomic E-state index is 13.3. The van der Waals surface area contributed by atoms with E-state index in [1.165, 1.54) is 33.1 Å². The zero-order valence-corrected chi connectivity index (χ0v) is 38.6. The molecule has 2 N–H and O–H groups in total. The van der Waals surface area contributed by atoms with Crippen LogP contribution in [0.5, 0.6) is 0 Å². The second-order valence-corrected chi connectivity index (χ2v) is 19.8. The van der Waals surface area contributed by atoms with Crippen LogP contribution in [0, 0.1) is 28.6 Å². The van der Waals surface area contributed by atoms with Crippen LogP contribution in [-0.2, 0) is 36.8 Å². The maximum atomic E-state index is 13.3. The number of ether oxygens (including phenoxy) is 1. The highest BCUT2D eigenvalue weighted by Crippen LogP contribution is 2.36. The number of rotatable bonds is 14. The Bertz CT molecular complexity index is 2250. The van der Waals surface area contributed by atoms with Crippen molar-refractivity contribution < 1.29 is 28.7 Å². The van der Waals surface area contributed by atoms with Gasteiger partial charge in [0.05, 0.1) is 12.1 Å².